The third-order valence-corrected chi connectivity index (χ3v) is 3.08. The maximum Gasteiger partial charge on any atom is 0.170 e. The van der Waals surface area contributed by atoms with Crippen molar-refractivity contribution in [2.45, 2.75) is 13.8 Å². The maximum atomic E-state index is 12.3. The number of allylic oxidation sites excluding steroid dienone is 4. The number of carbonyl (C=O) groups excluding carboxylic acids is 1. The first-order valence-electron chi connectivity index (χ1n) is 5.56. The summed E-state index contributed by atoms with van der Waals surface area (Å²) < 4.78 is 0. The normalized spacial score (nSPS) is 22.0. The Balaban J connectivity index is 2.30. The summed E-state index contributed by atoms with van der Waals surface area (Å²) in [4.78, 5) is 12.3. The largest absolute Gasteiger partial charge is 0.293 e. The molecule has 1 aliphatic carbocycles. The first-order chi connectivity index (χ1) is 7.61. The van der Waals surface area contributed by atoms with E-state index >= 15 is 0 Å². The Kier molecular flexibility index (Phi) is 2.78. The molecule has 0 amide bonds. The highest BCUT2D eigenvalue weighted by molar-refractivity contribution is 5.99. The van der Waals surface area contributed by atoms with Gasteiger partial charge in [0.05, 0.1) is 0 Å². The molecule has 2 rings (SSSR count). The summed E-state index contributed by atoms with van der Waals surface area (Å²) >= 11 is 0. The Labute approximate surface area is 96.5 Å². The molecule has 82 valence electrons. The van der Waals surface area contributed by atoms with Gasteiger partial charge >= 0.3 is 0 Å². The highest BCUT2D eigenvalue weighted by Gasteiger charge is 2.32. The Morgan fingerprint density at radius 2 is 1.81 bits per heavy atom. The van der Waals surface area contributed by atoms with Gasteiger partial charge in [-0.1, -0.05) is 68.5 Å². The van der Waals surface area contributed by atoms with Crippen molar-refractivity contribution in [1.82, 2.24) is 0 Å². The van der Waals surface area contributed by atoms with Crippen molar-refractivity contribution >= 4 is 5.78 Å². The van der Waals surface area contributed by atoms with Crippen molar-refractivity contribution in [2.75, 3.05) is 0 Å². The second kappa shape index (κ2) is 4.09. The van der Waals surface area contributed by atoms with Crippen molar-refractivity contribution in [3.63, 3.8) is 0 Å². The second-order valence-electron chi connectivity index (χ2n) is 4.77. The number of ketones is 1. The molecule has 0 saturated carbocycles. The average Bonchev–Trinajstić information content (AvgIpc) is 2.29. The Morgan fingerprint density at radius 3 is 2.44 bits per heavy atom. The molecule has 0 bridgehead atoms. The molecule has 0 N–H and O–H groups in total. The van der Waals surface area contributed by atoms with Crippen LogP contribution in [0.15, 0.2) is 54.6 Å². The SMILES string of the molecule is CC1(C)C=CC=CC1C(=O)c1ccccc1. The first-order valence-corrected chi connectivity index (χ1v) is 5.56. The molecule has 1 aromatic rings. The number of carbonyl (C=O) groups is 1. The Hall–Kier alpha value is -1.63. The van der Waals surface area contributed by atoms with E-state index in [0.29, 0.717) is 0 Å². The van der Waals surface area contributed by atoms with E-state index in [4.69, 9.17) is 0 Å². The zero-order valence-corrected chi connectivity index (χ0v) is 9.68. The molecule has 0 spiro atoms. The molecule has 0 radical (unpaired) electrons. The molecule has 0 fully saturated rings. The van der Waals surface area contributed by atoms with E-state index in [0.717, 1.165) is 5.56 Å². The fraction of sp³-hybridized carbons (Fsp3) is 0.267. The minimum absolute atomic E-state index is 0.0556. The van der Waals surface area contributed by atoms with Crippen LogP contribution in [0, 0.1) is 11.3 Å². The fourth-order valence-electron chi connectivity index (χ4n) is 2.04. The highest BCUT2D eigenvalue weighted by Crippen LogP contribution is 2.34. The van der Waals surface area contributed by atoms with Crippen LogP contribution in [0.3, 0.4) is 0 Å². The lowest BCUT2D eigenvalue weighted by molar-refractivity contribution is 0.0887. The van der Waals surface area contributed by atoms with Gasteiger partial charge in [0, 0.05) is 11.5 Å². The molecule has 0 aromatic heterocycles. The highest BCUT2D eigenvalue weighted by atomic mass is 16.1. The van der Waals surface area contributed by atoms with Gasteiger partial charge in [-0.3, -0.25) is 4.79 Å². The van der Waals surface area contributed by atoms with Crippen LogP contribution < -0.4 is 0 Å². The quantitative estimate of drug-likeness (QED) is 0.684. The van der Waals surface area contributed by atoms with Crippen LogP contribution in [0.25, 0.3) is 0 Å². The van der Waals surface area contributed by atoms with Gasteiger partial charge in [0.15, 0.2) is 5.78 Å². The number of rotatable bonds is 2. The lowest BCUT2D eigenvalue weighted by Gasteiger charge is -2.30. The molecule has 1 aromatic carbocycles. The fourth-order valence-corrected chi connectivity index (χ4v) is 2.04. The summed E-state index contributed by atoms with van der Waals surface area (Å²) in [5.41, 5.74) is 0.697. The van der Waals surface area contributed by atoms with Gasteiger partial charge in [0.2, 0.25) is 0 Å². The van der Waals surface area contributed by atoms with Gasteiger partial charge in [-0.05, 0) is 5.41 Å². The van der Waals surface area contributed by atoms with Crippen molar-refractivity contribution in [1.29, 1.82) is 0 Å². The lowest BCUT2D eigenvalue weighted by atomic mass is 9.72. The lowest BCUT2D eigenvalue weighted by Crippen LogP contribution is -2.29. The molecular formula is C15H16O. The van der Waals surface area contributed by atoms with Gasteiger partial charge in [-0.25, -0.2) is 0 Å². The van der Waals surface area contributed by atoms with Crippen molar-refractivity contribution in [3.05, 3.63) is 60.2 Å². The van der Waals surface area contributed by atoms with Crippen molar-refractivity contribution in [2.24, 2.45) is 11.3 Å². The van der Waals surface area contributed by atoms with Crippen LogP contribution in [0.1, 0.15) is 24.2 Å². The minimum atomic E-state index is -0.0956. The van der Waals surface area contributed by atoms with E-state index in [2.05, 4.69) is 19.9 Å². The van der Waals surface area contributed by atoms with Gasteiger partial charge in [-0.15, -0.1) is 0 Å². The molecule has 1 aliphatic rings. The predicted molar refractivity (Wildman–Crippen MR) is 66.3 cm³/mol. The Morgan fingerprint density at radius 1 is 1.12 bits per heavy atom. The first kappa shape index (κ1) is 10.9. The third kappa shape index (κ3) is 1.99. The summed E-state index contributed by atoms with van der Waals surface area (Å²) in [5.74, 6) is 0.145. The Bertz CT molecular complexity index is 438. The van der Waals surface area contributed by atoms with Crippen LogP contribution in [-0.4, -0.2) is 5.78 Å². The zero-order chi connectivity index (χ0) is 11.6. The molecule has 0 heterocycles. The third-order valence-electron chi connectivity index (χ3n) is 3.08. The standard InChI is InChI=1S/C15H16O/c1-15(2)11-7-6-10-13(15)14(16)12-8-4-3-5-9-12/h3-11,13H,1-2H3. The number of Topliss-reactive ketones (excluding diaryl/α,β-unsaturated/α-hetero) is 1. The minimum Gasteiger partial charge on any atom is -0.293 e. The molecule has 0 aliphatic heterocycles. The summed E-state index contributed by atoms with van der Waals surface area (Å²) in [7, 11) is 0. The van der Waals surface area contributed by atoms with Crippen LogP contribution >= 0.6 is 0 Å². The van der Waals surface area contributed by atoms with E-state index in [-0.39, 0.29) is 17.1 Å². The predicted octanol–water partition coefficient (Wildman–Crippen LogP) is 3.64. The van der Waals surface area contributed by atoms with Crippen molar-refractivity contribution in [3.8, 4) is 0 Å². The maximum absolute atomic E-state index is 12.3. The topological polar surface area (TPSA) is 17.1 Å². The summed E-state index contributed by atoms with van der Waals surface area (Å²) in [5, 5.41) is 0. The van der Waals surface area contributed by atoms with Crippen LogP contribution in [0.5, 0.6) is 0 Å². The summed E-state index contributed by atoms with van der Waals surface area (Å²) in [6.07, 6.45) is 8.05. The summed E-state index contributed by atoms with van der Waals surface area (Å²) in [6.45, 7) is 4.19. The molecule has 1 unspecified atom stereocenters. The van der Waals surface area contributed by atoms with E-state index < -0.39 is 0 Å². The van der Waals surface area contributed by atoms with Gasteiger partial charge < -0.3 is 0 Å². The van der Waals surface area contributed by atoms with E-state index in [1.165, 1.54) is 0 Å². The van der Waals surface area contributed by atoms with E-state index in [9.17, 15) is 4.79 Å². The number of benzene rings is 1. The number of hydrogen-bond donors (Lipinski definition) is 0. The van der Waals surface area contributed by atoms with Crippen LogP contribution in [-0.2, 0) is 0 Å². The molecule has 1 nitrogen and oxygen atoms in total. The van der Waals surface area contributed by atoms with E-state index in [1.807, 2.05) is 48.6 Å². The van der Waals surface area contributed by atoms with Gasteiger partial charge in [0.25, 0.3) is 0 Å². The smallest absolute Gasteiger partial charge is 0.170 e. The number of hydrogen-bond acceptors (Lipinski definition) is 1. The monoisotopic (exact) mass is 212 g/mol. The molecule has 1 atom stereocenters. The molecular weight excluding hydrogens is 196 g/mol. The molecule has 0 saturated heterocycles. The molecule has 1 heteroatoms. The average molecular weight is 212 g/mol. The van der Waals surface area contributed by atoms with Gasteiger partial charge in [0.1, 0.15) is 0 Å². The zero-order valence-electron chi connectivity index (χ0n) is 9.68. The van der Waals surface area contributed by atoms with Gasteiger partial charge in [-0.2, -0.15) is 0 Å². The van der Waals surface area contributed by atoms with E-state index in [1.54, 1.807) is 0 Å². The summed E-state index contributed by atoms with van der Waals surface area (Å²) in [6, 6.07) is 9.50. The molecule has 16 heavy (non-hydrogen) atoms. The van der Waals surface area contributed by atoms with Crippen molar-refractivity contribution < 1.29 is 4.79 Å². The van der Waals surface area contributed by atoms with Crippen LogP contribution in [0.2, 0.25) is 0 Å². The van der Waals surface area contributed by atoms with Crippen LogP contribution in [0.4, 0.5) is 0 Å². The second-order valence-corrected chi connectivity index (χ2v) is 4.77.